The van der Waals surface area contributed by atoms with Gasteiger partial charge in [0.25, 0.3) is 0 Å². The minimum absolute atomic E-state index is 0.00453. The summed E-state index contributed by atoms with van der Waals surface area (Å²) in [7, 11) is 1.73. The van der Waals surface area contributed by atoms with Crippen molar-refractivity contribution in [2.24, 2.45) is 15.1 Å². The molecule has 6 aromatic carbocycles. The maximum absolute atomic E-state index is 13.0. The maximum Gasteiger partial charge on any atom is 0.231 e. The SMILES string of the molecule is COC1=CCc2ccc(C)cc21.Cc1ccc2c(c1)C(/C=C1\Oc3c(ccc(O)c3CN3CCCCC3)C1=O)=CC2.Cc1ccc2c(c1)C(/C=C1\Oc3c(ccc(O)c3CN3CCNCC3)C1=O)=CC2.N=NN=NCl.O=C1COc2c1ccc(O)c2CN1CCCCC1. The average Bonchev–Trinajstić information content (AvgIpc) is 1.67. The van der Waals surface area contributed by atoms with E-state index in [2.05, 4.69) is 140 Å². The molecule has 93 heavy (non-hydrogen) atoms. The lowest BCUT2D eigenvalue weighted by Gasteiger charge is -2.27. The number of methoxy groups -OCH3 is 1. The van der Waals surface area contributed by atoms with Crippen LogP contribution < -0.4 is 19.5 Å². The number of likely N-dealkylation sites (tertiary alicyclic amines) is 2. The van der Waals surface area contributed by atoms with Gasteiger partial charge in [0.1, 0.15) is 40.3 Å². The quantitative estimate of drug-likeness (QED) is 0.0488. The van der Waals surface area contributed by atoms with Gasteiger partial charge < -0.3 is 39.6 Å². The summed E-state index contributed by atoms with van der Waals surface area (Å²) in [6, 6.07) is 29.1. The Hall–Kier alpha value is -9.04. The first-order chi connectivity index (χ1) is 45.2. The molecule has 15 rings (SSSR count). The van der Waals surface area contributed by atoms with Gasteiger partial charge in [-0.3, -0.25) is 29.1 Å². The summed E-state index contributed by atoms with van der Waals surface area (Å²) in [4.78, 5) is 44.5. The first-order valence-electron chi connectivity index (χ1n) is 32.0. The molecule has 18 nitrogen and oxygen atoms in total. The molecule has 0 spiro atoms. The van der Waals surface area contributed by atoms with Gasteiger partial charge in [0.2, 0.25) is 17.3 Å². The summed E-state index contributed by atoms with van der Waals surface area (Å²) in [6.07, 6.45) is 20.2. The van der Waals surface area contributed by atoms with E-state index < -0.39 is 0 Å². The van der Waals surface area contributed by atoms with Crippen molar-refractivity contribution in [1.29, 1.82) is 5.53 Å². The Balaban J connectivity index is 0.000000129. The predicted octanol–water partition coefficient (Wildman–Crippen LogP) is 14.0. The number of aryl methyl sites for hydroxylation is 3. The molecule has 0 atom stereocenters. The number of ketones is 3. The first-order valence-corrected chi connectivity index (χ1v) is 32.3. The predicted molar refractivity (Wildman–Crippen MR) is 358 cm³/mol. The summed E-state index contributed by atoms with van der Waals surface area (Å²) in [5.74, 6) is 3.68. The fourth-order valence-corrected chi connectivity index (χ4v) is 13.2. The number of hydrogen-bond donors (Lipinski definition) is 5. The van der Waals surface area contributed by atoms with Crippen LogP contribution in [-0.2, 0) is 43.6 Å². The number of halogens is 1. The standard InChI is InChI=1S/C25H25NO3.C24H24N2O3.C14H17NO3.C11H12O.ClHN4/c1-16-5-6-17-7-8-18(20(17)13-16)14-23-24(28)19-9-10-22(27)21(25(19)29-23)15-26-11-3-2-4-12-26;1-15-2-3-16-4-5-17(19(16)12-15)13-22-23(28)18-6-7-21(27)20(24(18)29-22)14-26-10-8-25-9-11-26;16-12-5-4-10-13(17)9-18-14(10)11(12)8-15-6-2-1-3-7-15;1-8-3-4-9-5-6-11(12-2)10(9)7-8;1-3-5-4-2/h5-6,8-10,13-14,27H,2-4,7,11-12,15H2,1H3;2-3,5-7,12-13,25,27H,4,8-11,14H2,1H3;4-5,16H,1-3,6-9H2;3-4,6-7H,5H2,1-2H3;2H/b23-14-;22-13-;;;. The maximum atomic E-state index is 13.0. The van der Waals surface area contributed by atoms with Crippen molar-refractivity contribution in [1.82, 2.24) is 20.0 Å². The third-order valence-electron chi connectivity index (χ3n) is 18.1. The Morgan fingerprint density at radius 2 is 0.957 bits per heavy atom. The number of phenols is 3. The second-order valence-electron chi connectivity index (χ2n) is 24.6. The molecule has 0 radical (unpaired) electrons. The Labute approximate surface area is 547 Å². The second kappa shape index (κ2) is 30.1. The van der Waals surface area contributed by atoms with Crippen molar-refractivity contribution in [2.45, 2.75) is 98.2 Å². The van der Waals surface area contributed by atoms with E-state index in [1.54, 1.807) is 43.5 Å². The van der Waals surface area contributed by atoms with Gasteiger partial charge in [-0.2, -0.15) is 5.53 Å². The van der Waals surface area contributed by atoms with Gasteiger partial charge in [0.05, 0.1) is 52.3 Å². The summed E-state index contributed by atoms with van der Waals surface area (Å²) in [5.41, 5.74) is 23.0. The summed E-state index contributed by atoms with van der Waals surface area (Å²) in [5, 5.41) is 39.3. The number of hydrogen-bond acceptors (Lipinski definition) is 16. The molecule has 482 valence electrons. The number of phenolic OH excluding ortho intramolecular Hbond substituents is 3. The number of Topliss-reactive ketones (excluding diaryl/α,β-unsaturated/α-hetero) is 3. The fraction of sp³-hybridized carbons (Fsp3) is 0.338. The molecule has 6 aromatic rings. The largest absolute Gasteiger partial charge is 0.507 e. The van der Waals surface area contributed by atoms with Gasteiger partial charge in [-0.05, 0) is 202 Å². The van der Waals surface area contributed by atoms with E-state index in [-0.39, 0.29) is 41.2 Å². The number of carbonyl (C=O) groups excluding carboxylic acids is 3. The van der Waals surface area contributed by atoms with E-state index >= 15 is 0 Å². The van der Waals surface area contributed by atoms with Crippen LogP contribution in [0.2, 0.25) is 0 Å². The first kappa shape index (κ1) is 65.5. The normalized spacial score (nSPS) is 18.5. The Morgan fingerprint density at radius 3 is 1.40 bits per heavy atom. The van der Waals surface area contributed by atoms with Crippen molar-refractivity contribution in [3.05, 3.63) is 216 Å². The lowest BCUT2D eigenvalue weighted by atomic mass is 10.0. The van der Waals surface area contributed by atoms with Crippen molar-refractivity contribution in [3.63, 3.8) is 0 Å². The van der Waals surface area contributed by atoms with Crippen LogP contribution >= 0.6 is 11.8 Å². The molecule has 0 aromatic heterocycles. The van der Waals surface area contributed by atoms with Gasteiger partial charge in [-0.25, -0.2) is 0 Å². The number of nitrogens with zero attached hydrogens (tertiary/aromatic N) is 6. The number of piperidine rings is 2. The molecule has 5 N–H and O–H groups in total. The number of ether oxygens (including phenoxy) is 4. The molecule has 6 aliphatic heterocycles. The van der Waals surface area contributed by atoms with E-state index in [1.165, 1.54) is 83.0 Å². The molecule has 19 heteroatoms. The zero-order valence-corrected chi connectivity index (χ0v) is 53.9. The number of nitrogens with one attached hydrogen (secondary N) is 2. The summed E-state index contributed by atoms with van der Waals surface area (Å²) in [6.45, 7) is 16.0. The van der Waals surface area contributed by atoms with Crippen LogP contribution in [-0.4, -0.2) is 113 Å². The number of aromatic hydroxyl groups is 3. The molecular weight excluding hydrogens is 1200 g/mol. The Kier molecular flexibility index (Phi) is 21.2. The lowest BCUT2D eigenvalue weighted by molar-refractivity contribution is 0.0959. The van der Waals surface area contributed by atoms with Crippen molar-refractivity contribution in [3.8, 4) is 34.5 Å². The summed E-state index contributed by atoms with van der Waals surface area (Å²) >= 11 is 4.55. The van der Waals surface area contributed by atoms with Gasteiger partial charge in [-0.15, -0.1) is 0 Å². The zero-order valence-electron chi connectivity index (χ0n) is 53.2. The number of benzene rings is 6. The third kappa shape index (κ3) is 15.2. The second-order valence-corrected chi connectivity index (χ2v) is 24.7. The van der Waals surface area contributed by atoms with Gasteiger partial charge in [0, 0.05) is 51.4 Å². The molecule has 3 saturated heterocycles. The van der Waals surface area contributed by atoms with Crippen LogP contribution in [0.5, 0.6) is 34.5 Å². The van der Waals surface area contributed by atoms with Gasteiger partial charge in [0.15, 0.2) is 18.1 Å². The van der Waals surface area contributed by atoms with Crippen molar-refractivity contribution >= 4 is 46.0 Å². The lowest BCUT2D eigenvalue weighted by Crippen LogP contribution is -2.42. The monoisotopic (exact) mass is 1270 g/mol. The van der Waals surface area contributed by atoms with Crippen LogP contribution in [0.1, 0.15) is 136 Å². The summed E-state index contributed by atoms with van der Waals surface area (Å²) < 4.78 is 25.4. The smallest absolute Gasteiger partial charge is 0.231 e. The molecule has 9 aliphatic rings. The number of fused-ring (bicyclic) bond motifs is 6. The molecular formula is C74H79ClN8O10. The molecule has 0 saturated carbocycles. The average molecular weight is 1280 g/mol. The van der Waals surface area contributed by atoms with E-state index in [9.17, 15) is 29.7 Å². The highest BCUT2D eigenvalue weighted by atomic mass is 35.5. The van der Waals surface area contributed by atoms with Gasteiger partial charge >= 0.3 is 0 Å². The van der Waals surface area contributed by atoms with E-state index in [1.807, 2.05) is 12.2 Å². The minimum Gasteiger partial charge on any atom is -0.507 e. The topological polar surface area (TPSA) is 232 Å². The number of carbonyl (C=O) groups is 3. The third-order valence-corrected chi connectivity index (χ3v) is 18.2. The molecule has 3 fully saturated rings. The van der Waals surface area contributed by atoms with Crippen LogP contribution in [0.15, 0.2) is 148 Å². The zero-order chi connectivity index (χ0) is 65.1. The van der Waals surface area contributed by atoms with Gasteiger partial charge in [-0.1, -0.05) is 94.8 Å². The molecule has 0 bridgehead atoms. The van der Waals surface area contributed by atoms with E-state index in [4.69, 9.17) is 24.5 Å². The van der Waals surface area contributed by atoms with Crippen LogP contribution in [0.3, 0.4) is 0 Å². The Morgan fingerprint density at radius 1 is 0.538 bits per heavy atom. The van der Waals surface area contributed by atoms with Crippen LogP contribution in [0.25, 0.3) is 16.9 Å². The van der Waals surface area contributed by atoms with E-state index in [0.29, 0.717) is 70.7 Å². The van der Waals surface area contributed by atoms with Crippen LogP contribution in [0.4, 0.5) is 0 Å². The highest BCUT2D eigenvalue weighted by molar-refractivity contribution is 6.15. The van der Waals surface area contributed by atoms with Crippen molar-refractivity contribution < 1.29 is 48.7 Å². The highest BCUT2D eigenvalue weighted by Gasteiger charge is 2.35. The number of rotatable bonds is 10. The number of piperazine rings is 1. The molecule has 6 heterocycles. The minimum atomic E-state index is -0.122. The Bertz CT molecular complexity index is 3890. The molecule has 3 aliphatic carbocycles. The molecule has 0 amide bonds. The molecule has 0 unspecified atom stereocenters. The fourth-order valence-electron chi connectivity index (χ4n) is 13.2. The van der Waals surface area contributed by atoms with Crippen molar-refractivity contribution in [2.75, 3.05) is 66.1 Å². The van der Waals surface area contributed by atoms with Crippen LogP contribution in [0, 0.1) is 26.3 Å². The van der Waals surface area contributed by atoms with E-state index in [0.717, 1.165) is 105 Å². The highest BCUT2D eigenvalue weighted by Crippen LogP contribution is 2.44. The number of allylic oxidation sites excluding steroid dienone is 9.